The molecule has 3 aromatic rings. The number of hydrogen-bond acceptors (Lipinski definition) is 5. The molecule has 0 bridgehead atoms. The largest absolute Gasteiger partial charge is 0.339 e. The molecule has 1 heterocycles. The third-order valence-corrected chi connectivity index (χ3v) is 8.90. The van der Waals surface area contributed by atoms with Gasteiger partial charge < -0.3 is 10.2 Å². The molecule has 7 nitrogen and oxygen atoms in total. The molecule has 0 atom stereocenters. The topological polar surface area (TPSA) is 86.8 Å². The summed E-state index contributed by atoms with van der Waals surface area (Å²) in [4.78, 5) is 27.4. The van der Waals surface area contributed by atoms with E-state index in [9.17, 15) is 18.0 Å². The van der Waals surface area contributed by atoms with Gasteiger partial charge in [-0.3, -0.25) is 9.59 Å². The number of rotatable bonds is 5. The summed E-state index contributed by atoms with van der Waals surface area (Å²) in [6, 6.07) is 20.0. The Kier molecular flexibility index (Phi) is 7.25. The lowest BCUT2D eigenvalue weighted by molar-refractivity contribution is -0.120. The molecule has 2 amide bonds. The van der Waals surface area contributed by atoms with Crippen LogP contribution in [0.2, 0.25) is 0 Å². The van der Waals surface area contributed by atoms with Crippen molar-refractivity contribution in [1.29, 1.82) is 0 Å². The SMILES string of the molecule is CN(C)C(=O)Sc1ccccc1NC(=O)C1CCN(S(=O)(=O)c2ccc3ccccc3c2)CC1. The van der Waals surface area contributed by atoms with Crippen molar-refractivity contribution in [1.82, 2.24) is 9.21 Å². The van der Waals surface area contributed by atoms with Gasteiger partial charge in [-0.15, -0.1) is 0 Å². The number of benzene rings is 3. The predicted octanol–water partition coefficient (Wildman–Crippen LogP) is 4.65. The number of hydrogen-bond donors (Lipinski definition) is 1. The molecule has 34 heavy (non-hydrogen) atoms. The maximum atomic E-state index is 13.2. The standard InChI is InChI=1S/C25H27N3O4S2/c1-27(2)25(30)33-23-10-6-5-9-22(23)26-24(29)19-13-15-28(16-14-19)34(31,32)21-12-11-18-7-3-4-8-20(18)17-21/h3-12,17,19H,13-16H2,1-2H3,(H,26,29). The summed E-state index contributed by atoms with van der Waals surface area (Å²) in [5, 5.41) is 4.67. The average molecular weight is 498 g/mol. The molecule has 0 aliphatic carbocycles. The molecule has 1 fully saturated rings. The molecule has 178 valence electrons. The first kappa shape index (κ1) is 24.3. The molecule has 1 aliphatic heterocycles. The first-order valence-corrected chi connectivity index (χ1v) is 13.3. The van der Waals surface area contributed by atoms with Crippen molar-refractivity contribution in [3.05, 3.63) is 66.7 Å². The van der Waals surface area contributed by atoms with Crippen molar-refractivity contribution in [2.75, 3.05) is 32.5 Å². The highest BCUT2D eigenvalue weighted by atomic mass is 32.2. The van der Waals surface area contributed by atoms with Crippen LogP contribution in [0, 0.1) is 5.92 Å². The highest BCUT2D eigenvalue weighted by Gasteiger charge is 2.32. The number of nitrogens with one attached hydrogen (secondary N) is 1. The van der Waals surface area contributed by atoms with E-state index in [2.05, 4.69) is 5.32 Å². The van der Waals surface area contributed by atoms with Gasteiger partial charge >= 0.3 is 0 Å². The van der Waals surface area contributed by atoms with Crippen molar-refractivity contribution < 1.29 is 18.0 Å². The normalized spacial score (nSPS) is 15.2. The van der Waals surface area contributed by atoms with Crippen LogP contribution in [0.5, 0.6) is 0 Å². The van der Waals surface area contributed by atoms with Gasteiger partial charge in [0.15, 0.2) is 0 Å². The Labute approximate surface area is 204 Å². The fourth-order valence-corrected chi connectivity index (χ4v) is 6.17. The summed E-state index contributed by atoms with van der Waals surface area (Å²) in [5.74, 6) is -0.459. The summed E-state index contributed by atoms with van der Waals surface area (Å²) in [5.41, 5.74) is 0.582. The Morgan fingerprint density at radius 1 is 0.941 bits per heavy atom. The number of para-hydroxylation sites is 1. The molecule has 0 saturated carbocycles. The van der Waals surface area contributed by atoms with Gasteiger partial charge in [-0.1, -0.05) is 42.5 Å². The number of carbonyl (C=O) groups excluding carboxylic acids is 2. The number of fused-ring (bicyclic) bond motifs is 1. The van der Waals surface area contributed by atoms with E-state index in [1.165, 1.54) is 9.21 Å². The number of sulfonamides is 1. The molecule has 0 aromatic heterocycles. The van der Waals surface area contributed by atoms with Gasteiger partial charge in [0.2, 0.25) is 15.9 Å². The monoisotopic (exact) mass is 497 g/mol. The smallest absolute Gasteiger partial charge is 0.286 e. The second-order valence-corrected chi connectivity index (χ2v) is 11.4. The fourth-order valence-electron chi connectivity index (χ4n) is 3.91. The molecule has 4 rings (SSSR count). The lowest BCUT2D eigenvalue weighted by Gasteiger charge is -2.30. The van der Waals surface area contributed by atoms with E-state index in [4.69, 9.17) is 0 Å². The number of anilines is 1. The van der Waals surface area contributed by atoms with Crippen molar-refractivity contribution >= 4 is 49.4 Å². The van der Waals surface area contributed by atoms with Crippen molar-refractivity contribution in [3.8, 4) is 0 Å². The Morgan fingerprint density at radius 3 is 2.29 bits per heavy atom. The molecule has 0 spiro atoms. The maximum Gasteiger partial charge on any atom is 0.286 e. The molecule has 0 unspecified atom stereocenters. The first-order chi connectivity index (χ1) is 16.3. The van der Waals surface area contributed by atoms with Gasteiger partial charge in [0.25, 0.3) is 5.24 Å². The predicted molar refractivity (Wildman–Crippen MR) is 135 cm³/mol. The van der Waals surface area contributed by atoms with Crippen LogP contribution in [-0.2, 0) is 14.8 Å². The molecule has 3 aromatic carbocycles. The molecule has 0 radical (unpaired) electrons. The fraction of sp³-hybridized carbons (Fsp3) is 0.280. The zero-order valence-electron chi connectivity index (χ0n) is 19.1. The van der Waals surface area contributed by atoms with Crippen molar-refractivity contribution in [2.45, 2.75) is 22.6 Å². The Balaban J connectivity index is 1.41. The Hall–Kier alpha value is -2.88. The van der Waals surface area contributed by atoms with Gasteiger partial charge in [-0.05, 0) is 59.6 Å². The van der Waals surface area contributed by atoms with E-state index < -0.39 is 10.0 Å². The van der Waals surface area contributed by atoms with E-state index in [1.54, 1.807) is 44.4 Å². The number of thioether (sulfide) groups is 1. The summed E-state index contributed by atoms with van der Waals surface area (Å²) in [6.07, 6.45) is 0.870. The van der Waals surface area contributed by atoms with Crippen molar-refractivity contribution in [3.63, 3.8) is 0 Å². The van der Waals surface area contributed by atoms with E-state index in [1.807, 2.05) is 36.4 Å². The lowest BCUT2D eigenvalue weighted by Crippen LogP contribution is -2.41. The zero-order valence-corrected chi connectivity index (χ0v) is 20.7. The van der Waals surface area contributed by atoms with Gasteiger partial charge in [0.1, 0.15) is 0 Å². The average Bonchev–Trinajstić information content (AvgIpc) is 2.84. The molecule has 9 heteroatoms. The van der Waals surface area contributed by atoms with Gasteiger partial charge in [-0.25, -0.2) is 8.42 Å². The van der Waals surface area contributed by atoms with E-state index in [-0.39, 0.29) is 35.0 Å². The van der Waals surface area contributed by atoms with E-state index >= 15 is 0 Å². The van der Waals surface area contributed by atoms with Gasteiger partial charge in [0, 0.05) is 38.0 Å². The number of nitrogens with zero attached hydrogens (tertiary/aromatic N) is 2. The number of piperidine rings is 1. The Morgan fingerprint density at radius 2 is 1.59 bits per heavy atom. The zero-order chi connectivity index (χ0) is 24.3. The third-order valence-electron chi connectivity index (χ3n) is 5.89. The molecular formula is C25H27N3O4S2. The summed E-state index contributed by atoms with van der Waals surface area (Å²) in [6.45, 7) is 0.561. The van der Waals surface area contributed by atoms with E-state index in [0.29, 0.717) is 23.4 Å². The maximum absolute atomic E-state index is 13.2. The number of carbonyl (C=O) groups is 2. The lowest BCUT2D eigenvalue weighted by atomic mass is 9.97. The second-order valence-electron chi connectivity index (χ2n) is 8.44. The highest BCUT2D eigenvalue weighted by Crippen LogP contribution is 2.31. The third kappa shape index (κ3) is 5.27. The summed E-state index contributed by atoms with van der Waals surface area (Å²) >= 11 is 1.05. The van der Waals surface area contributed by atoms with Crippen LogP contribution in [0.4, 0.5) is 10.5 Å². The molecule has 1 saturated heterocycles. The summed E-state index contributed by atoms with van der Waals surface area (Å²) < 4.78 is 27.8. The van der Waals surface area contributed by atoms with Crippen LogP contribution >= 0.6 is 11.8 Å². The van der Waals surface area contributed by atoms with Crippen LogP contribution in [0.1, 0.15) is 12.8 Å². The molecule has 1 aliphatic rings. The van der Waals surface area contributed by atoms with Crippen LogP contribution in [0.3, 0.4) is 0 Å². The quantitative estimate of drug-likeness (QED) is 0.519. The number of amides is 2. The summed E-state index contributed by atoms with van der Waals surface area (Å²) in [7, 11) is -0.280. The van der Waals surface area contributed by atoms with E-state index in [0.717, 1.165) is 22.5 Å². The second kappa shape index (κ2) is 10.2. The van der Waals surface area contributed by atoms with Crippen LogP contribution in [0.25, 0.3) is 10.8 Å². The minimum Gasteiger partial charge on any atom is -0.339 e. The van der Waals surface area contributed by atoms with Crippen molar-refractivity contribution in [2.24, 2.45) is 5.92 Å². The van der Waals surface area contributed by atoms with Crippen LogP contribution in [0.15, 0.2) is 76.5 Å². The first-order valence-electron chi connectivity index (χ1n) is 11.0. The molecular weight excluding hydrogens is 470 g/mol. The van der Waals surface area contributed by atoms with Gasteiger partial charge in [0.05, 0.1) is 10.6 Å². The highest BCUT2D eigenvalue weighted by molar-refractivity contribution is 8.13. The van der Waals surface area contributed by atoms with Crippen LogP contribution in [-0.4, -0.2) is 56.0 Å². The molecule has 1 N–H and O–H groups in total. The van der Waals surface area contributed by atoms with Crippen LogP contribution < -0.4 is 5.32 Å². The Bertz CT molecular complexity index is 1320. The minimum atomic E-state index is -3.63. The minimum absolute atomic E-state index is 0.131. The van der Waals surface area contributed by atoms with Gasteiger partial charge in [-0.2, -0.15) is 4.31 Å².